The topological polar surface area (TPSA) is 18.5 Å². The highest BCUT2D eigenvalue weighted by Crippen LogP contribution is 2.56. The monoisotopic (exact) mass is 382 g/mol. The van der Waals surface area contributed by atoms with E-state index < -0.39 is 16.6 Å². The molecule has 0 radical (unpaired) electrons. The molecule has 25 heavy (non-hydrogen) atoms. The van der Waals surface area contributed by atoms with Crippen molar-refractivity contribution in [1.82, 2.24) is 0 Å². The van der Waals surface area contributed by atoms with Gasteiger partial charge in [0.15, 0.2) is 16.6 Å². The van der Waals surface area contributed by atoms with Gasteiger partial charge < -0.3 is 8.85 Å². The summed E-state index contributed by atoms with van der Waals surface area (Å²) >= 11 is 0. The predicted molar refractivity (Wildman–Crippen MR) is 114 cm³/mol. The molecule has 0 spiro atoms. The van der Waals surface area contributed by atoms with Crippen molar-refractivity contribution in [3.63, 3.8) is 0 Å². The molecule has 2 aliphatic carbocycles. The normalized spacial score (nSPS) is 37.0. The van der Waals surface area contributed by atoms with Gasteiger partial charge in [0, 0.05) is 5.41 Å². The second kappa shape index (κ2) is 6.61. The molecule has 0 saturated heterocycles. The minimum atomic E-state index is -1.77. The lowest BCUT2D eigenvalue weighted by atomic mass is 9.55. The zero-order valence-corrected chi connectivity index (χ0v) is 20.5. The Balaban J connectivity index is 2.32. The van der Waals surface area contributed by atoms with E-state index in [4.69, 9.17) is 8.85 Å². The minimum Gasteiger partial charge on any atom is -0.413 e. The average Bonchev–Trinajstić information content (AvgIpc) is 2.39. The van der Waals surface area contributed by atoms with Gasteiger partial charge in [0.05, 0.1) is 11.7 Å². The average molecular weight is 383 g/mol. The summed E-state index contributed by atoms with van der Waals surface area (Å²) in [6.45, 7) is 23.7. The number of allylic oxidation sites excluding steroid dienone is 2. The molecule has 0 aliphatic heterocycles. The smallest absolute Gasteiger partial charge is 0.192 e. The Labute approximate surface area is 159 Å². The van der Waals surface area contributed by atoms with Gasteiger partial charge in [0.1, 0.15) is 0 Å². The molecule has 0 aromatic rings. The summed E-state index contributed by atoms with van der Waals surface area (Å²) in [5, 5.41) is 0.263. The molecule has 0 N–H and O–H groups in total. The zero-order chi connectivity index (χ0) is 19.3. The van der Waals surface area contributed by atoms with E-state index in [2.05, 4.69) is 79.5 Å². The largest absolute Gasteiger partial charge is 0.413 e. The second-order valence-corrected chi connectivity index (χ2v) is 20.6. The van der Waals surface area contributed by atoms with Crippen molar-refractivity contribution < 1.29 is 8.85 Å². The number of fused-ring (bicyclic) bond motifs is 1. The van der Waals surface area contributed by atoms with Gasteiger partial charge in [0.2, 0.25) is 0 Å². The lowest BCUT2D eigenvalue weighted by Crippen LogP contribution is -2.61. The van der Waals surface area contributed by atoms with E-state index >= 15 is 0 Å². The van der Waals surface area contributed by atoms with Crippen LogP contribution in [0.5, 0.6) is 0 Å². The molecule has 0 aromatic heterocycles. The molecule has 2 rings (SSSR count). The van der Waals surface area contributed by atoms with Gasteiger partial charge in [-0.05, 0) is 76.3 Å². The summed E-state index contributed by atoms with van der Waals surface area (Å²) in [6.07, 6.45) is 9.66. The van der Waals surface area contributed by atoms with Crippen molar-refractivity contribution in [2.75, 3.05) is 0 Å². The van der Waals surface area contributed by atoms with Crippen molar-refractivity contribution in [2.45, 2.75) is 110 Å². The summed E-state index contributed by atoms with van der Waals surface area (Å²) in [5.74, 6) is 0.556. The Morgan fingerprint density at radius 1 is 1.00 bits per heavy atom. The standard InChI is InChI=1S/C21H42O2Si2/c1-19(2,3)25(9,10)22-18-14-16-21(5,23-24(6,7)8)17-13-11-12-15-20(17,18)4/h11-12,17-18H,13-16H2,1-10H3/t17-,18-,20-,21-/m0/s1. The van der Waals surface area contributed by atoms with Crippen molar-refractivity contribution in [3.05, 3.63) is 12.2 Å². The van der Waals surface area contributed by atoms with Gasteiger partial charge in [-0.25, -0.2) is 0 Å². The van der Waals surface area contributed by atoms with Crippen LogP contribution in [0.2, 0.25) is 37.8 Å². The fraction of sp³-hybridized carbons (Fsp3) is 0.905. The van der Waals surface area contributed by atoms with Gasteiger partial charge in [-0.2, -0.15) is 0 Å². The molecule has 0 aromatic carbocycles. The molecule has 2 aliphatic rings. The molecule has 0 unspecified atom stereocenters. The lowest BCUT2D eigenvalue weighted by molar-refractivity contribution is -0.137. The molecule has 1 saturated carbocycles. The van der Waals surface area contributed by atoms with E-state index in [9.17, 15) is 0 Å². The maximum atomic E-state index is 7.00. The molecule has 0 amide bonds. The zero-order valence-electron chi connectivity index (χ0n) is 18.5. The van der Waals surface area contributed by atoms with Crippen LogP contribution in [0.25, 0.3) is 0 Å². The van der Waals surface area contributed by atoms with Crippen LogP contribution in [0.15, 0.2) is 12.2 Å². The van der Waals surface area contributed by atoms with Crippen LogP contribution < -0.4 is 0 Å². The Kier molecular flexibility index (Phi) is 5.66. The third-order valence-corrected chi connectivity index (χ3v) is 12.6. The van der Waals surface area contributed by atoms with Crippen LogP contribution in [0.3, 0.4) is 0 Å². The highest BCUT2D eigenvalue weighted by atomic mass is 28.4. The van der Waals surface area contributed by atoms with Crippen LogP contribution >= 0.6 is 0 Å². The van der Waals surface area contributed by atoms with Gasteiger partial charge in [-0.15, -0.1) is 0 Å². The van der Waals surface area contributed by atoms with Gasteiger partial charge in [-0.3, -0.25) is 0 Å². The third kappa shape index (κ3) is 4.33. The SMILES string of the molecule is CC(C)(C)[Si](C)(C)O[C@H]1CC[C@](C)(O[Si](C)(C)C)[C@H]2CC=CC[C@]12C. The van der Waals surface area contributed by atoms with Crippen LogP contribution in [-0.2, 0) is 8.85 Å². The Bertz CT molecular complexity index is 515. The van der Waals surface area contributed by atoms with E-state index in [0.29, 0.717) is 12.0 Å². The van der Waals surface area contributed by atoms with E-state index in [-0.39, 0.29) is 16.1 Å². The molecule has 0 heterocycles. The first-order valence-corrected chi connectivity index (χ1v) is 16.5. The van der Waals surface area contributed by atoms with Crippen LogP contribution in [0, 0.1) is 11.3 Å². The quantitative estimate of drug-likeness (QED) is 0.395. The predicted octanol–water partition coefficient (Wildman–Crippen LogP) is 6.75. The molecule has 0 bridgehead atoms. The summed E-state index contributed by atoms with van der Waals surface area (Å²) in [4.78, 5) is 0. The maximum absolute atomic E-state index is 7.00. The highest BCUT2D eigenvalue weighted by molar-refractivity contribution is 6.74. The molecule has 4 heteroatoms. The summed E-state index contributed by atoms with van der Waals surface area (Å²) in [6, 6.07) is 0. The number of hydrogen-bond donors (Lipinski definition) is 0. The summed E-state index contributed by atoms with van der Waals surface area (Å²) in [5.41, 5.74) is 0.189. The molecular formula is C21H42O2Si2. The Morgan fingerprint density at radius 3 is 2.12 bits per heavy atom. The van der Waals surface area contributed by atoms with Crippen LogP contribution in [0.4, 0.5) is 0 Å². The Morgan fingerprint density at radius 2 is 1.60 bits per heavy atom. The van der Waals surface area contributed by atoms with Crippen molar-refractivity contribution >= 4 is 16.6 Å². The van der Waals surface area contributed by atoms with E-state index in [0.717, 1.165) is 25.7 Å². The first kappa shape index (κ1) is 21.4. The number of hydrogen-bond acceptors (Lipinski definition) is 2. The van der Waals surface area contributed by atoms with Gasteiger partial charge in [0.25, 0.3) is 0 Å². The summed E-state index contributed by atoms with van der Waals surface area (Å²) < 4.78 is 13.8. The molecule has 1 fully saturated rings. The molecular weight excluding hydrogens is 340 g/mol. The summed E-state index contributed by atoms with van der Waals surface area (Å²) in [7, 11) is -3.35. The van der Waals surface area contributed by atoms with E-state index in [1.165, 1.54) is 0 Å². The van der Waals surface area contributed by atoms with E-state index in [1.807, 2.05) is 0 Å². The fourth-order valence-corrected chi connectivity index (χ4v) is 7.85. The highest BCUT2D eigenvalue weighted by Gasteiger charge is 2.57. The Hall–Kier alpha value is 0.0938. The van der Waals surface area contributed by atoms with Crippen molar-refractivity contribution in [2.24, 2.45) is 11.3 Å². The minimum absolute atomic E-state index is 0.00271. The van der Waals surface area contributed by atoms with Gasteiger partial charge in [-0.1, -0.05) is 39.8 Å². The first-order valence-electron chi connectivity index (χ1n) is 10.1. The van der Waals surface area contributed by atoms with Crippen LogP contribution in [-0.4, -0.2) is 28.3 Å². The van der Waals surface area contributed by atoms with Crippen molar-refractivity contribution in [3.8, 4) is 0 Å². The van der Waals surface area contributed by atoms with Crippen LogP contribution in [0.1, 0.15) is 60.3 Å². The first-order chi connectivity index (χ1) is 11.1. The van der Waals surface area contributed by atoms with Crippen molar-refractivity contribution in [1.29, 1.82) is 0 Å². The number of rotatable bonds is 4. The maximum Gasteiger partial charge on any atom is 0.192 e. The van der Waals surface area contributed by atoms with E-state index in [1.54, 1.807) is 0 Å². The third-order valence-electron chi connectivity index (χ3n) is 7.05. The molecule has 2 nitrogen and oxygen atoms in total. The van der Waals surface area contributed by atoms with Gasteiger partial charge >= 0.3 is 0 Å². The second-order valence-electron chi connectivity index (χ2n) is 11.4. The molecule has 146 valence electrons. The molecule has 4 atom stereocenters. The lowest BCUT2D eigenvalue weighted by Gasteiger charge is -2.59. The fourth-order valence-electron chi connectivity index (χ4n) is 4.75.